The lowest BCUT2D eigenvalue weighted by Crippen LogP contribution is -2.09. The summed E-state index contributed by atoms with van der Waals surface area (Å²) < 4.78 is 18.2. The van der Waals surface area contributed by atoms with Gasteiger partial charge in [0.1, 0.15) is 0 Å². The molecule has 71 heavy (non-hydrogen) atoms. The van der Waals surface area contributed by atoms with Crippen LogP contribution in [0, 0.1) is 19.3 Å². The SMILES string of the molecule is [2H]C([2H])(c1ccnc(-c2ccc(-c3ccccc3-c3cc(CCc4ccc(-c5ccc(C)cn5)cc4)cc(CCc4ccc(-c5ccc(C)cn5)cc4)c3)c(-c3ccc(-c4ccccc4)cc3)c2)c1)C(C)(C)C. The maximum atomic E-state index is 9.09. The summed E-state index contributed by atoms with van der Waals surface area (Å²) in [5.74, 6) is 0. The minimum Gasteiger partial charge on any atom is -0.256 e. The van der Waals surface area contributed by atoms with Crippen molar-refractivity contribution >= 4 is 0 Å². The van der Waals surface area contributed by atoms with Crippen LogP contribution in [0.2, 0.25) is 0 Å². The number of nitrogens with zero attached hydrogens (tertiary/aromatic N) is 3. The third-order valence-electron chi connectivity index (χ3n) is 13.2. The van der Waals surface area contributed by atoms with E-state index in [4.69, 9.17) is 7.73 Å². The van der Waals surface area contributed by atoms with Gasteiger partial charge in [-0.3, -0.25) is 15.0 Å². The molecule has 3 nitrogen and oxygen atoms in total. The summed E-state index contributed by atoms with van der Waals surface area (Å²) in [4.78, 5) is 14.2. The van der Waals surface area contributed by atoms with E-state index in [-0.39, 0.29) is 0 Å². The second-order valence-electron chi connectivity index (χ2n) is 19.9. The topological polar surface area (TPSA) is 38.7 Å². The predicted octanol–water partition coefficient (Wildman–Crippen LogP) is 17.3. The maximum Gasteiger partial charge on any atom is 0.0704 e. The van der Waals surface area contributed by atoms with Gasteiger partial charge in [0, 0.05) is 38.0 Å². The Morgan fingerprint density at radius 2 is 0.831 bits per heavy atom. The molecule has 10 aromatic rings. The Morgan fingerprint density at radius 3 is 1.39 bits per heavy atom. The fourth-order valence-electron chi connectivity index (χ4n) is 9.46. The zero-order chi connectivity index (χ0) is 50.5. The lowest BCUT2D eigenvalue weighted by Gasteiger charge is -2.19. The molecular weight excluding hydrogens is 859 g/mol. The zero-order valence-corrected chi connectivity index (χ0v) is 41.5. The van der Waals surface area contributed by atoms with Crippen molar-refractivity contribution in [2.75, 3.05) is 0 Å². The van der Waals surface area contributed by atoms with Gasteiger partial charge >= 0.3 is 0 Å². The summed E-state index contributed by atoms with van der Waals surface area (Å²) in [5, 5.41) is 0. The molecule has 0 bridgehead atoms. The first kappa shape index (κ1) is 44.2. The first-order chi connectivity index (χ1) is 35.3. The van der Waals surface area contributed by atoms with Gasteiger partial charge in [-0.25, -0.2) is 0 Å². The van der Waals surface area contributed by atoms with E-state index < -0.39 is 11.8 Å². The van der Waals surface area contributed by atoms with E-state index in [1.807, 2.05) is 45.3 Å². The number of hydrogen-bond donors (Lipinski definition) is 0. The van der Waals surface area contributed by atoms with Gasteiger partial charge < -0.3 is 0 Å². The van der Waals surface area contributed by atoms with E-state index in [0.29, 0.717) is 5.56 Å². The molecule has 0 N–H and O–H groups in total. The van der Waals surface area contributed by atoms with Gasteiger partial charge in [-0.1, -0.05) is 191 Å². The monoisotopic (exact) mass is 921 g/mol. The first-order valence-electron chi connectivity index (χ1n) is 25.9. The van der Waals surface area contributed by atoms with Gasteiger partial charge in [0.15, 0.2) is 0 Å². The van der Waals surface area contributed by atoms with E-state index in [1.165, 1.54) is 38.9 Å². The van der Waals surface area contributed by atoms with E-state index >= 15 is 0 Å². The molecule has 0 fully saturated rings. The molecule has 0 unspecified atom stereocenters. The van der Waals surface area contributed by atoms with Crippen LogP contribution in [0.25, 0.3) is 78.3 Å². The highest BCUT2D eigenvalue weighted by molar-refractivity contribution is 5.94. The molecule has 3 heteroatoms. The summed E-state index contributed by atoms with van der Waals surface area (Å²) in [7, 11) is 0. The van der Waals surface area contributed by atoms with Crippen LogP contribution in [0.1, 0.15) is 62.5 Å². The lowest BCUT2D eigenvalue weighted by molar-refractivity contribution is 0.411. The molecule has 0 saturated carbocycles. The highest BCUT2D eigenvalue weighted by Crippen LogP contribution is 2.41. The summed E-state index contributed by atoms with van der Waals surface area (Å²) in [6.07, 6.45) is 7.67. The Kier molecular flexibility index (Phi) is 13.0. The van der Waals surface area contributed by atoms with Crippen LogP contribution < -0.4 is 0 Å². The van der Waals surface area contributed by atoms with Gasteiger partial charge in [0.25, 0.3) is 0 Å². The number of aromatic nitrogens is 3. The molecule has 348 valence electrons. The van der Waals surface area contributed by atoms with Gasteiger partial charge in [-0.15, -0.1) is 0 Å². The molecule has 0 saturated heterocycles. The molecule has 0 aliphatic rings. The van der Waals surface area contributed by atoms with Gasteiger partial charge in [-0.2, -0.15) is 0 Å². The van der Waals surface area contributed by atoms with Crippen LogP contribution >= 0.6 is 0 Å². The molecule has 0 aliphatic heterocycles. The molecule has 3 aromatic heterocycles. The fourth-order valence-corrected chi connectivity index (χ4v) is 9.46. The highest BCUT2D eigenvalue weighted by Gasteiger charge is 2.18. The van der Waals surface area contributed by atoms with Gasteiger partial charge in [0.05, 0.1) is 17.1 Å². The first-order valence-corrected chi connectivity index (χ1v) is 24.9. The largest absolute Gasteiger partial charge is 0.256 e. The van der Waals surface area contributed by atoms with Crippen LogP contribution in [0.5, 0.6) is 0 Å². The third-order valence-corrected chi connectivity index (χ3v) is 13.2. The van der Waals surface area contributed by atoms with Crippen molar-refractivity contribution in [3.8, 4) is 78.3 Å². The zero-order valence-electron chi connectivity index (χ0n) is 43.5. The molecule has 0 spiro atoms. The fraction of sp³-hybridized carbons (Fsp3) is 0.162. The Hall–Kier alpha value is -8.01. The van der Waals surface area contributed by atoms with Crippen LogP contribution in [0.4, 0.5) is 0 Å². The Bertz CT molecular complexity index is 3370. The minimum atomic E-state index is -1.55. The van der Waals surface area contributed by atoms with E-state index in [2.05, 4.69) is 212 Å². The van der Waals surface area contributed by atoms with Gasteiger partial charge in [0.2, 0.25) is 0 Å². The third kappa shape index (κ3) is 11.5. The summed E-state index contributed by atoms with van der Waals surface area (Å²) in [6, 6.07) is 71.9. The average molecular weight is 922 g/mol. The highest BCUT2D eigenvalue weighted by atomic mass is 14.7. The number of pyridine rings is 3. The molecule has 3 heterocycles. The second-order valence-corrected chi connectivity index (χ2v) is 19.9. The quantitative estimate of drug-likeness (QED) is 0.109. The maximum absolute atomic E-state index is 9.09. The standard InChI is InChI=1S/C68H61N3/c1-47-15-35-65(70-45-47)57-25-21-49(22-26-57)17-19-51-39-52(20-18-50-23-27-58(28-24-50)66-36-16-48(2)46-71-66)41-60(40-51)61-13-9-10-14-62(61)63-34-33-59(67-42-53(37-38-69-67)44-68(3,4)5)43-64(63)56-31-29-55(30-32-56)54-11-7-6-8-12-54/h6-16,21-43,45-46H,17-20,44H2,1-5H3/i44D2. The van der Waals surface area contributed by atoms with Crippen molar-refractivity contribution < 1.29 is 2.74 Å². The summed E-state index contributed by atoms with van der Waals surface area (Å²) in [6.45, 7) is 9.98. The Labute approximate surface area is 423 Å². The molecule has 0 aliphatic carbocycles. The summed E-state index contributed by atoms with van der Waals surface area (Å²) in [5.41, 5.74) is 22.6. The van der Waals surface area contributed by atoms with E-state index in [9.17, 15) is 0 Å². The van der Waals surface area contributed by atoms with Crippen molar-refractivity contribution in [1.82, 2.24) is 15.0 Å². The smallest absolute Gasteiger partial charge is 0.0704 e. The lowest BCUT2D eigenvalue weighted by atomic mass is 9.86. The number of aryl methyl sites for hydroxylation is 6. The molecule has 7 aromatic carbocycles. The number of benzene rings is 7. The Morgan fingerprint density at radius 1 is 0.338 bits per heavy atom. The molecular formula is C68H61N3. The van der Waals surface area contributed by atoms with Crippen LogP contribution in [-0.2, 0) is 32.1 Å². The summed E-state index contributed by atoms with van der Waals surface area (Å²) >= 11 is 0. The van der Waals surface area contributed by atoms with Crippen LogP contribution in [-0.4, -0.2) is 15.0 Å². The Balaban J connectivity index is 1.03. The molecule has 0 radical (unpaired) electrons. The number of rotatable bonds is 14. The van der Waals surface area contributed by atoms with Crippen molar-refractivity contribution in [2.45, 2.75) is 66.7 Å². The van der Waals surface area contributed by atoms with Crippen molar-refractivity contribution in [1.29, 1.82) is 0 Å². The van der Waals surface area contributed by atoms with Crippen molar-refractivity contribution in [3.63, 3.8) is 0 Å². The average Bonchev–Trinajstić information content (AvgIpc) is 3.42. The molecule has 0 atom stereocenters. The number of hydrogen-bond acceptors (Lipinski definition) is 3. The van der Waals surface area contributed by atoms with E-state index in [0.717, 1.165) is 98.4 Å². The molecule has 0 amide bonds. The second kappa shape index (κ2) is 20.9. The minimum absolute atomic E-state index is 0.598. The van der Waals surface area contributed by atoms with Gasteiger partial charge in [-0.05, 0) is 165 Å². The van der Waals surface area contributed by atoms with Crippen molar-refractivity contribution in [3.05, 3.63) is 258 Å². The van der Waals surface area contributed by atoms with E-state index in [1.54, 1.807) is 6.20 Å². The van der Waals surface area contributed by atoms with Crippen molar-refractivity contribution in [2.24, 2.45) is 5.41 Å². The van der Waals surface area contributed by atoms with Crippen LogP contribution in [0.15, 0.2) is 219 Å². The normalized spacial score (nSPS) is 12.1. The predicted molar refractivity (Wildman–Crippen MR) is 298 cm³/mol. The van der Waals surface area contributed by atoms with Crippen LogP contribution in [0.3, 0.4) is 0 Å². The molecule has 10 rings (SSSR count).